The standard InChI is InChI=1S/C33H35N3O/c1-24-16-27(18-28(17-24)23-36-14-6-7-15-36)22-35-33(37)31-12-10-25(2)29(20-31)13-11-26-19-30-8-4-3-5-9-32(30)34-21-26/h3-5,9-10,12,16-18,20-21,30H,6-8,14-15,19,22-23H2,1-2H3,(H,35,37). The Morgan fingerprint density at radius 3 is 2.76 bits per heavy atom. The Hall–Kier alpha value is -3.68. The Bertz CT molecular complexity index is 1360. The van der Waals surface area contributed by atoms with E-state index < -0.39 is 0 Å². The average Bonchev–Trinajstić information content (AvgIpc) is 3.28. The third kappa shape index (κ3) is 6.56. The second-order valence-corrected chi connectivity index (χ2v) is 10.4. The van der Waals surface area contributed by atoms with E-state index in [1.807, 2.05) is 31.3 Å². The summed E-state index contributed by atoms with van der Waals surface area (Å²) in [5, 5.41) is 3.11. The molecule has 0 aromatic heterocycles. The number of amides is 1. The van der Waals surface area contributed by atoms with Gasteiger partial charge in [-0.2, -0.15) is 0 Å². The van der Waals surface area contributed by atoms with Crippen LogP contribution in [0.1, 0.15) is 63.9 Å². The molecule has 4 heteroatoms. The van der Waals surface area contributed by atoms with Crippen molar-refractivity contribution in [3.05, 3.63) is 106 Å². The Labute approximate surface area is 220 Å². The maximum atomic E-state index is 13.0. The molecule has 0 saturated carbocycles. The first kappa shape index (κ1) is 25.0. The predicted octanol–water partition coefficient (Wildman–Crippen LogP) is 6.04. The van der Waals surface area contributed by atoms with Crippen molar-refractivity contribution in [1.82, 2.24) is 10.2 Å². The molecule has 1 saturated heterocycles. The number of nitrogens with one attached hydrogen (secondary N) is 1. The van der Waals surface area contributed by atoms with E-state index in [1.165, 1.54) is 37.1 Å². The van der Waals surface area contributed by atoms with Gasteiger partial charge in [-0.25, -0.2) is 0 Å². The van der Waals surface area contributed by atoms with Gasteiger partial charge in [0.15, 0.2) is 0 Å². The summed E-state index contributed by atoms with van der Waals surface area (Å²) in [6.45, 7) is 8.02. The summed E-state index contributed by atoms with van der Waals surface area (Å²) in [6.07, 6.45) is 14.8. The zero-order valence-electron chi connectivity index (χ0n) is 21.9. The maximum Gasteiger partial charge on any atom is 0.251 e. The number of carbonyl (C=O) groups excluding carboxylic acids is 1. The highest BCUT2D eigenvalue weighted by Crippen LogP contribution is 2.25. The van der Waals surface area contributed by atoms with Crippen molar-refractivity contribution in [2.75, 3.05) is 13.1 Å². The number of carbonyl (C=O) groups is 1. The first-order valence-corrected chi connectivity index (χ1v) is 13.4. The monoisotopic (exact) mass is 489 g/mol. The number of benzene rings is 2. The fourth-order valence-corrected chi connectivity index (χ4v) is 5.29. The minimum Gasteiger partial charge on any atom is -0.348 e. The van der Waals surface area contributed by atoms with E-state index in [1.54, 1.807) is 0 Å². The van der Waals surface area contributed by atoms with Crippen molar-refractivity contribution < 1.29 is 4.79 Å². The van der Waals surface area contributed by atoms with Crippen LogP contribution in [-0.2, 0) is 13.1 Å². The van der Waals surface area contributed by atoms with Gasteiger partial charge in [0, 0.05) is 47.6 Å². The van der Waals surface area contributed by atoms with Crippen LogP contribution in [0.3, 0.4) is 0 Å². The lowest BCUT2D eigenvalue weighted by Gasteiger charge is -2.17. The van der Waals surface area contributed by atoms with Crippen LogP contribution in [0.2, 0.25) is 0 Å². The van der Waals surface area contributed by atoms with E-state index in [-0.39, 0.29) is 5.91 Å². The molecule has 37 heavy (non-hydrogen) atoms. The van der Waals surface area contributed by atoms with Gasteiger partial charge in [-0.15, -0.1) is 0 Å². The highest BCUT2D eigenvalue weighted by Gasteiger charge is 2.18. The van der Waals surface area contributed by atoms with E-state index >= 15 is 0 Å². The van der Waals surface area contributed by atoms with Crippen LogP contribution in [0.15, 0.2) is 77.5 Å². The lowest BCUT2D eigenvalue weighted by atomic mass is 9.90. The Morgan fingerprint density at radius 1 is 1.05 bits per heavy atom. The van der Waals surface area contributed by atoms with E-state index in [0.29, 0.717) is 18.0 Å². The molecule has 0 radical (unpaired) electrons. The molecule has 1 amide bonds. The smallest absolute Gasteiger partial charge is 0.251 e. The molecule has 1 N–H and O–H groups in total. The summed E-state index contributed by atoms with van der Waals surface area (Å²) in [5.41, 5.74) is 8.45. The van der Waals surface area contributed by atoms with E-state index in [0.717, 1.165) is 47.4 Å². The molecular formula is C33H35N3O. The highest BCUT2D eigenvalue weighted by molar-refractivity contribution is 5.99. The lowest BCUT2D eigenvalue weighted by molar-refractivity contribution is 0.0951. The lowest BCUT2D eigenvalue weighted by Crippen LogP contribution is -2.23. The first-order chi connectivity index (χ1) is 18.0. The van der Waals surface area contributed by atoms with Crippen LogP contribution >= 0.6 is 0 Å². The summed E-state index contributed by atoms with van der Waals surface area (Å²) in [6, 6.07) is 12.4. The van der Waals surface area contributed by atoms with E-state index in [9.17, 15) is 4.79 Å². The molecule has 0 spiro atoms. The molecule has 3 aliphatic rings. The molecule has 1 fully saturated rings. The summed E-state index contributed by atoms with van der Waals surface area (Å²) in [7, 11) is 0. The molecule has 2 heterocycles. The van der Waals surface area contributed by atoms with Gasteiger partial charge in [-0.3, -0.25) is 14.7 Å². The van der Waals surface area contributed by atoms with Crippen LogP contribution in [-0.4, -0.2) is 29.6 Å². The normalized spacial score (nSPS) is 18.8. The zero-order chi connectivity index (χ0) is 25.6. The van der Waals surface area contributed by atoms with Crippen molar-refractivity contribution >= 4 is 11.6 Å². The van der Waals surface area contributed by atoms with E-state index in [2.05, 4.69) is 76.5 Å². The number of aryl methyl sites for hydroxylation is 2. The SMILES string of the molecule is Cc1cc(CNC(=O)c2ccc(C)c(C#CC3=CN=C4C=CC=CCC4C3)c2)cc(CN2CCCC2)c1. The third-order valence-corrected chi connectivity index (χ3v) is 7.30. The second kappa shape index (κ2) is 11.6. The molecule has 2 aromatic rings. The Morgan fingerprint density at radius 2 is 1.89 bits per heavy atom. The molecule has 2 aromatic carbocycles. The predicted molar refractivity (Wildman–Crippen MR) is 151 cm³/mol. The number of allylic oxidation sites excluding steroid dienone is 5. The number of hydrogen-bond donors (Lipinski definition) is 1. The summed E-state index contributed by atoms with van der Waals surface area (Å²) in [5.74, 6) is 6.94. The van der Waals surface area contributed by atoms with E-state index in [4.69, 9.17) is 0 Å². The van der Waals surface area contributed by atoms with Crippen molar-refractivity contribution in [3.8, 4) is 11.8 Å². The molecule has 1 atom stereocenters. The molecule has 188 valence electrons. The number of rotatable bonds is 5. The van der Waals surface area contributed by atoms with Gasteiger partial charge >= 0.3 is 0 Å². The van der Waals surface area contributed by atoms with Crippen molar-refractivity contribution in [2.45, 2.75) is 52.6 Å². The quantitative estimate of drug-likeness (QED) is 0.520. The average molecular weight is 490 g/mol. The van der Waals surface area contributed by atoms with Gasteiger partial charge in [-0.1, -0.05) is 59.9 Å². The summed E-state index contributed by atoms with van der Waals surface area (Å²) >= 11 is 0. The number of aliphatic imine (C=N–C) groups is 1. The fourth-order valence-electron chi connectivity index (χ4n) is 5.29. The number of hydrogen-bond acceptors (Lipinski definition) is 3. The number of fused-ring (bicyclic) bond motifs is 1. The van der Waals surface area contributed by atoms with Crippen LogP contribution < -0.4 is 5.32 Å². The van der Waals surface area contributed by atoms with Crippen LogP contribution in [0.25, 0.3) is 0 Å². The Balaban J connectivity index is 1.24. The molecular weight excluding hydrogens is 454 g/mol. The van der Waals surface area contributed by atoms with Crippen LogP contribution in [0.5, 0.6) is 0 Å². The molecule has 4 nitrogen and oxygen atoms in total. The molecule has 1 unspecified atom stereocenters. The van der Waals surface area contributed by atoms with Gasteiger partial charge in [0.2, 0.25) is 0 Å². The molecule has 0 bridgehead atoms. The summed E-state index contributed by atoms with van der Waals surface area (Å²) in [4.78, 5) is 20.1. The van der Waals surface area contributed by atoms with Gasteiger partial charge in [0.05, 0.1) is 0 Å². The fraction of sp³-hybridized carbons (Fsp3) is 0.333. The van der Waals surface area contributed by atoms with Gasteiger partial charge in [0.25, 0.3) is 5.91 Å². The minimum absolute atomic E-state index is 0.0752. The van der Waals surface area contributed by atoms with Gasteiger partial charge < -0.3 is 5.32 Å². The maximum absolute atomic E-state index is 13.0. The van der Waals surface area contributed by atoms with Crippen LogP contribution in [0, 0.1) is 31.6 Å². The minimum atomic E-state index is -0.0752. The first-order valence-electron chi connectivity index (χ1n) is 13.4. The Kier molecular flexibility index (Phi) is 7.82. The largest absolute Gasteiger partial charge is 0.348 e. The topological polar surface area (TPSA) is 44.7 Å². The van der Waals surface area contributed by atoms with Crippen LogP contribution in [0.4, 0.5) is 0 Å². The third-order valence-electron chi connectivity index (χ3n) is 7.30. The zero-order valence-corrected chi connectivity index (χ0v) is 21.9. The van der Waals surface area contributed by atoms with Gasteiger partial charge in [-0.05, 0) is 87.5 Å². The second-order valence-electron chi connectivity index (χ2n) is 10.4. The summed E-state index contributed by atoms with van der Waals surface area (Å²) < 4.78 is 0. The highest BCUT2D eigenvalue weighted by atomic mass is 16.1. The van der Waals surface area contributed by atoms with Crippen molar-refractivity contribution in [2.24, 2.45) is 10.9 Å². The van der Waals surface area contributed by atoms with Gasteiger partial charge in [0.1, 0.15) is 0 Å². The molecule has 2 aliphatic heterocycles. The molecule has 1 aliphatic carbocycles. The number of likely N-dealkylation sites (tertiary alicyclic amines) is 1. The number of nitrogens with zero attached hydrogens (tertiary/aromatic N) is 2. The van der Waals surface area contributed by atoms with Crippen molar-refractivity contribution in [1.29, 1.82) is 0 Å². The van der Waals surface area contributed by atoms with Crippen molar-refractivity contribution in [3.63, 3.8) is 0 Å². The molecule has 5 rings (SSSR count).